The average molecular weight is 501 g/mol. The second-order valence-corrected chi connectivity index (χ2v) is 7.62. The van der Waals surface area contributed by atoms with Crippen LogP contribution in [0.5, 0.6) is 0 Å². The van der Waals surface area contributed by atoms with Gasteiger partial charge in [0.15, 0.2) is 5.96 Å². The highest BCUT2D eigenvalue weighted by Crippen LogP contribution is 2.14. The van der Waals surface area contributed by atoms with Crippen LogP contribution >= 0.6 is 24.0 Å². The van der Waals surface area contributed by atoms with Gasteiger partial charge >= 0.3 is 0 Å². The number of carbonyl (C=O) groups excluding carboxylic acids is 1. The highest BCUT2D eigenvalue weighted by molar-refractivity contribution is 14.0. The topological polar surface area (TPSA) is 60.0 Å². The number of guanidine groups is 1. The van der Waals surface area contributed by atoms with Gasteiger partial charge < -0.3 is 20.4 Å². The van der Waals surface area contributed by atoms with Crippen molar-refractivity contribution in [1.82, 2.24) is 20.4 Å². The Labute approximate surface area is 187 Å². The number of rotatable bonds is 7. The fourth-order valence-corrected chi connectivity index (χ4v) is 3.49. The SMILES string of the molecule is CN=C(NCCc1cccc(C(=O)N(C)C)c1)NCCN1CCCC(C)C1.I. The van der Waals surface area contributed by atoms with Gasteiger partial charge in [-0.15, -0.1) is 24.0 Å². The number of halogens is 1. The Bertz CT molecular complexity index is 635. The van der Waals surface area contributed by atoms with Crippen molar-refractivity contribution in [3.8, 4) is 0 Å². The van der Waals surface area contributed by atoms with E-state index in [1.54, 1.807) is 26.0 Å². The van der Waals surface area contributed by atoms with E-state index in [1.807, 2.05) is 18.2 Å². The van der Waals surface area contributed by atoms with Crippen molar-refractivity contribution in [2.75, 3.05) is 53.9 Å². The second-order valence-electron chi connectivity index (χ2n) is 7.62. The standard InChI is InChI=1S/C21H35N5O.HI/c1-17-7-6-13-26(16-17)14-12-24-21(22-2)23-11-10-18-8-5-9-19(15-18)20(27)25(3)4;/h5,8-9,15,17H,6-7,10-14,16H2,1-4H3,(H2,22,23,24);1H. The maximum Gasteiger partial charge on any atom is 0.253 e. The van der Waals surface area contributed by atoms with Crippen LogP contribution < -0.4 is 10.6 Å². The van der Waals surface area contributed by atoms with Crippen molar-refractivity contribution in [1.29, 1.82) is 0 Å². The van der Waals surface area contributed by atoms with Crippen LogP contribution in [-0.4, -0.2) is 75.5 Å². The first-order chi connectivity index (χ1) is 13.0. The van der Waals surface area contributed by atoms with Crippen LogP contribution in [0.4, 0.5) is 0 Å². The van der Waals surface area contributed by atoms with Gasteiger partial charge in [-0.05, 0) is 49.4 Å². The zero-order chi connectivity index (χ0) is 19.6. The molecule has 7 heteroatoms. The first-order valence-electron chi connectivity index (χ1n) is 9.97. The largest absolute Gasteiger partial charge is 0.356 e. The molecule has 6 nitrogen and oxygen atoms in total. The number of nitrogens with zero attached hydrogens (tertiary/aromatic N) is 3. The summed E-state index contributed by atoms with van der Waals surface area (Å²) >= 11 is 0. The van der Waals surface area contributed by atoms with E-state index in [2.05, 4.69) is 33.5 Å². The highest BCUT2D eigenvalue weighted by Gasteiger charge is 2.15. The van der Waals surface area contributed by atoms with Crippen LogP contribution in [0.3, 0.4) is 0 Å². The zero-order valence-corrected chi connectivity index (χ0v) is 20.0. The van der Waals surface area contributed by atoms with Crippen LogP contribution in [-0.2, 0) is 6.42 Å². The average Bonchev–Trinajstić information content (AvgIpc) is 2.66. The van der Waals surface area contributed by atoms with Gasteiger partial charge in [0.25, 0.3) is 5.91 Å². The number of hydrogen-bond donors (Lipinski definition) is 2. The predicted molar refractivity (Wildman–Crippen MR) is 128 cm³/mol. The number of hydrogen-bond acceptors (Lipinski definition) is 3. The summed E-state index contributed by atoms with van der Waals surface area (Å²) in [6, 6.07) is 7.83. The third-order valence-electron chi connectivity index (χ3n) is 4.97. The monoisotopic (exact) mass is 501 g/mol. The molecule has 1 aromatic rings. The lowest BCUT2D eigenvalue weighted by Gasteiger charge is -2.30. The third-order valence-corrected chi connectivity index (χ3v) is 4.97. The molecule has 2 rings (SSSR count). The summed E-state index contributed by atoms with van der Waals surface area (Å²) in [7, 11) is 5.35. The molecule has 0 aliphatic carbocycles. The van der Waals surface area contributed by atoms with Gasteiger partial charge in [-0.3, -0.25) is 9.79 Å². The lowest BCUT2D eigenvalue weighted by atomic mass is 10.0. The molecule has 1 heterocycles. The minimum atomic E-state index is 0. The molecule has 1 amide bonds. The van der Waals surface area contributed by atoms with Crippen molar-refractivity contribution >= 4 is 35.8 Å². The molecule has 0 bridgehead atoms. The van der Waals surface area contributed by atoms with E-state index in [1.165, 1.54) is 25.9 Å². The molecule has 0 radical (unpaired) electrons. The van der Waals surface area contributed by atoms with Gasteiger partial charge in [-0.2, -0.15) is 0 Å². The van der Waals surface area contributed by atoms with Gasteiger partial charge in [0.1, 0.15) is 0 Å². The Morgan fingerprint density at radius 3 is 2.71 bits per heavy atom. The zero-order valence-electron chi connectivity index (χ0n) is 17.7. The fraction of sp³-hybridized carbons (Fsp3) is 0.619. The molecular weight excluding hydrogens is 465 g/mol. The van der Waals surface area contributed by atoms with E-state index in [9.17, 15) is 4.79 Å². The quantitative estimate of drug-likeness (QED) is 0.343. The minimum absolute atomic E-state index is 0. The van der Waals surface area contributed by atoms with Crippen LogP contribution in [0.1, 0.15) is 35.7 Å². The van der Waals surface area contributed by atoms with E-state index >= 15 is 0 Å². The number of nitrogens with one attached hydrogen (secondary N) is 2. The summed E-state index contributed by atoms with van der Waals surface area (Å²) in [4.78, 5) is 20.5. The second kappa shape index (κ2) is 13.0. The Kier molecular flexibility index (Phi) is 11.4. The summed E-state index contributed by atoms with van der Waals surface area (Å²) in [6.45, 7) is 7.48. The highest BCUT2D eigenvalue weighted by atomic mass is 127. The molecule has 1 aromatic carbocycles. The molecule has 0 spiro atoms. The lowest BCUT2D eigenvalue weighted by Crippen LogP contribution is -2.44. The van der Waals surface area contributed by atoms with Crippen LogP contribution in [0.15, 0.2) is 29.3 Å². The molecular formula is C21H36IN5O. The summed E-state index contributed by atoms with van der Waals surface area (Å²) in [5.74, 6) is 1.68. The maximum atomic E-state index is 12.1. The predicted octanol–water partition coefficient (Wildman–Crippen LogP) is 2.45. The van der Waals surface area contributed by atoms with Crippen LogP contribution in [0, 0.1) is 5.92 Å². The first-order valence-corrected chi connectivity index (χ1v) is 9.97. The number of piperidine rings is 1. The summed E-state index contributed by atoms with van der Waals surface area (Å²) in [6.07, 6.45) is 3.51. The normalized spacial score (nSPS) is 17.6. The molecule has 2 N–H and O–H groups in total. The summed E-state index contributed by atoms with van der Waals surface area (Å²) < 4.78 is 0. The molecule has 28 heavy (non-hydrogen) atoms. The van der Waals surface area contributed by atoms with Crippen molar-refractivity contribution in [2.45, 2.75) is 26.2 Å². The Hall–Kier alpha value is -1.35. The van der Waals surface area contributed by atoms with E-state index in [4.69, 9.17) is 0 Å². The van der Waals surface area contributed by atoms with E-state index in [-0.39, 0.29) is 29.9 Å². The molecule has 1 saturated heterocycles. The van der Waals surface area contributed by atoms with Crippen LogP contribution in [0.25, 0.3) is 0 Å². The molecule has 1 atom stereocenters. The van der Waals surface area contributed by atoms with Crippen LogP contribution in [0.2, 0.25) is 0 Å². The number of benzene rings is 1. The smallest absolute Gasteiger partial charge is 0.253 e. The molecule has 1 fully saturated rings. The molecule has 1 unspecified atom stereocenters. The molecule has 158 valence electrons. The number of likely N-dealkylation sites (tertiary alicyclic amines) is 1. The van der Waals surface area contributed by atoms with Crippen molar-refractivity contribution < 1.29 is 4.79 Å². The minimum Gasteiger partial charge on any atom is -0.356 e. The number of carbonyl (C=O) groups is 1. The number of amides is 1. The number of aliphatic imine (C=N–C) groups is 1. The first kappa shape index (κ1) is 24.7. The van der Waals surface area contributed by atoms with Gasteiger partial charge in [0, 0.05) is 52.9 Å². The lowest BCUT2D eigenvalue weighted by molar-refractivity contribution is 0.0827. The molecule has 0 saturated carbocycles. The summed E-state index contributed by atoms with van der Waals surface area (Å²) in [5, 5.41) is 6.76. The van der Waals surface area contributed by atoms with Gasteiger partial charge in [-0.25, -0.2) is 0 Å². The van der Waals surface area contributed by atoms with Gasteiger partial charge in [0.2, 0.25) is 0 Å². The summed E-state index contributed by atoms with van der Waals surface area (Å²) in [5.41, 5.74) is 1.88. The molecule has 0 aromatic heterocycles. The molecule has 1 aliphatic heterocycles. The van der Waals surface area contributed by atoms with Crippen molar-refractivity contribution in [3.05, 3.63) is 35.4 Å². The third kappa shape index (κ3) is 8.34. The van der Waals surface area contributed by atoms with Gasteiger partial charge in [-0.1, -0.05) is 19.1 Å². The van der Waals surface area contributed by atoms with E-state index in [0.29, 0.717) is 0 Å². The molecule has 1 aliphatic rings. The van der Waals surface area contributed by atoms with Gasteiger partial charge in [0.05, 0.1) is 0 Å². The van der Waals surface area contributed by atoms with Crippen molar-refractivity contribution in [2.24, 2.45) is 10.9 Å². The van der Waals surface area contributed by atoms with Crippen molar-refractivity contribution in [3.63, 3.8) is 0 Å². The fourth-order valence-electron chi connectivity index (χ4n) is 3.49. The Morgan fingerprint density at radius 2 is 2.04 bits per heavy atom. The maximum absolute atomic E-state index is 12.1. The Morgan fingerprint density at radius 1 is 1.29 bits per heavy atom. The van der Waals surface area contributed by atoms with E-state index in [0.717, 1.165) is 49.1 Å². The van der Waals surface area contributed by atoms with E-state index < -0.39 is 0 Å². The Balaban J connectivity index is 0.00000392.